The molecule has 2 fully saturated rings. The molecule has 1 aromatic heterocycles. The second kappa shape index (κ2) is 9.19. The standard InChI is InChI=1S/C30H30F3N5O3/c1-18-13-29(14-18,26-35-34-17-36(26)3)20-6-4-7-21(12-20)37-16-23-22(25(37)39)10-19(11-24(23)30(31,32)33)15-38(27(40)41)28(2)8-5-9-28/h4,6-7,10-12,17H,1,5,8-9,13-16H2,2-3H3,(H,40,41). The Balaban J connectivity index is 1.37. The highest BCUT2D eigenvalue weighted by atomic mass is 19.4. The zero-order valence-corrected chi connectivity index (χ0v) is 22.8. The summed E-state index contributed by atoms with van der Waals surface area (Å²) >= 11 is 0. The number of halogens is 3. The zero-order valence-electron chi connectivity index (χ0n) is 22.8. The van der Waals surface area contributed by atoms with Gasteiger partial charge in [0.2, 0.25) is 0 Å². The van der Waals surface area contributed by atoms with Crippen LogP contribution >= 0.6 is 0 Å². The fourth-order valence-corrected chi connectivity index (χ4v) is 6.63. The van der Waals surface area contributed by atoms with Crippen molar-refractivity contribution in [2.45, 2.75) is 69.2 Å². The van der Waals surface area contributed by atoms with Crippen LogP contribution in [0.2, 0.25) is 0 Å². The van der Waals surface area contributed by atoms with Crippen LogP contribution in [0.25, 0.3) is 0 Å². The lowest BCUT2D eigenvalue weighted by Gasteiger charge is -2.46. The van der Waals surface area contributed by atoms with E-state index in [4.69, 9.17) is 0 Å². The second-order valence-electron chi connectivity index (χ2n) is 11.8. The molecule has 0 saturated heterocycles. The average molecular weight is 566 g/mol. The molecule has 8 nitrogen and oxygen atoms in total. The molecule has 6 rings (SSSR count). The summed E-state index contributed by atoms with van der Waals surface area (Å²) in [6, 6.07) is 9.68. The molecule has 3 aromatic rings. The summed E-state index contributed by atoms with van der Waals surface area (Å²) in [7, 11) is 1.86. The number of anilines is 1. The van der Waals surface area contributed by atoms with Crippen molar-refractivity contribution in [2.24, 2.45) is 7.05 Å². The SMILES string of the molecule is C=C1CC(c2cccc(N3Cc4c(cc(CN(C(=O)O)C5(C)CCC5)cc4C(F)(F)F)C3=O)c2)(c2nncn2C)C1. The van der Waals surface area contributed by atoms with E-state index in [0.717, 1.165) is 29.4 Å². The minimum absolute atomic E-state index is 0.0515. The largest absolute Gasteiger partial charge is 0.465 e. The molecule has 41 heavy (non-hydrogen) atoms. The Bertz CT molecular complexity index is 1580. The monoisotopic (exact) mass is 565 g/mol. The number of aromatic nitrogens is 3. The molecular weight excluding hydrogens is 535 g/mol. The number of allylic oxidation sites excluding steroid dienone is 1. The fourth-order valence-electron chi connectivity index (χ4n) is 6.63. The first-order valence-electron chi connectivity index (χ1n) is 13.5. The highest BCUT2D eigenvalue weighted by Gasteiger charge is 2.47. The highest BCUT2D eigenvalue weighted by Crippen LogP contribution is 2.51. The maximum Gasteiger partial charge on any atom is 0.416 e. The van der Waals surface area contributed by atoms with Crippen molar-refractivity contribution in [3.05, 3.63) is 88.5 Å². The molecule has 1 N–H and O–H groups in total. The van der Waals surface area contributed by atoms with Crippen LogP contribution in [0.4, 0.5) is 23.7 Å². The summed E-state index contributed by atoms with van der Waals surface area (Å²) in [5.41, 5.74) is 0.365. The van der Waals surface area contributed by atoms with Gasteiger partial charge in [0.05, 0.1) is 17.5 Å². The molecule has 214 valence electrons. The molecule has 2 aromatic carbocycles. The van der Waals surface area contributed by atoms with Crippen LogP contribution in [0.1, 0.15) is 77.5 Å². The molecule has 0 atom stereocenters. The van der Waals surface area contributed by atoms with Gasteiger partial charge in [0.15, 0.2) is 0 Å². The van der Waals surface area contributed by atoms with E-state index in [0.29, 0.717) is 31.4 Å². The molecule has 1 aliphatic heterocycles. The number of aryl methyl sites for hydroxylation is 1. The van der Waals surface area contributed by atoms with Gasteiger partial charge in [-0.05, 0) is 80.0 Å². The van der Waals surface area contributed by atoms with Gasteiger partial charge in [-0.15, -0.1) is 10.2 Å². The lowest BCUT2D eigenvalue weighted by Crippen LogP contribution is -2.53. The quantitative estimate of drug-likeness (QED) is 0.368. The Kier molecular flexibility index (Phi) is 6.06. The topological polar surface area (TPSA) is 91.6 Å². The summed E-state index contributed by atoms with van der Waals surface area (Å²) < 4.78 is 44.8. The van der Waals surface area contributed by atoms with E-state index in [-0.39, 0.29) is 29.8 Å². The number of nitrogens with zero attached hydrogens (tertiary/aromatic N) is 5. The van der Waals surface area contributed by atoms with Crippen LogP contribution in [-0.2, 0) is 31.7 Å². The van der Waals surface area contributed by atoms with Crippen molar-refractivity contribution >= 4 is 17.7 Å². The van der Waals surface area contributed by atoms with Gasteiger partial charge in [-0.3, -0.25) is 9.69 Å². The van der Waals surface area contributed by atoms with E-state index in [1.54, 1.807) is 25.4 Å². The van der Waals surface area contributed by atoms with Gasteiger partial charge < -0.3 is 14.6 Å². The molecule has 0 spiro atoms. The Morgan fingerprint density at radius 3 is 2.49 bits per heavy atom. The first-order valence-corrected chi connectivity index (χ1v) is 13.5. The zero-order chi connectivity index (χ0) is 29.3. The smallest absolute Gasteiger partial charge is 0.416 e. The van der Waals surface area contributed by atoms with Crippen molar-refractivity contribution in [3.8, 4) is 0 Å². The van der Waals surface area contributed by atoms with Gasteiger partial charge >= 0.3 is 12.3 Å². The number of benzene rings is 2. The van der Waals surface area contributed by atoms with Crippen LogP contribution in [0.15, 0.2) is 54.9 Å². The number of fused-ring (bicyclic) bond motifs is 1. The van der Waals surface area contributed by atoms with E-state index in [2.05, 4.69) is 16.8 Å². The lowest BCUT2D eigenvalue weighted by molar-refractivity contribution is -0.138. The molecular formula is C30H30F3N5O3. The van der Waals surface area contributed by atoms with Gasteiger partial charge in [-0.1, -0.05) is 24.3 Å². The number of alkyl halides is 3. The van der Waals surface area contributed by atoms with Crippen molar-refractivity contribution in [2.75, 3.05) is 4.90 Å². The third kappa shape index (κ3) is 4.29. The van der Waals surface area contributed by atoms with Gasteiger partial charge in [0, 0.05) is 30.4 Å². The number of carbonyl (C=O) groups is 2. The summed E-state index contributed by atoms with van der Waals surface area (Å²) in [6.07, 6.45) is -0.844. The fraction of sp³-hybridized carbons (Fsp3) is 0.400. The average Bonchev–Trinajstić information content (AvgIpc) is 3.46. The minimum Gasteiger partial charge on any atom is -0.465 e. The van der Waals surface area contributed by atoms with Crippen molar-refractivity contribution in [1.29, 1.82) is 0 Å². The molecule has 0 radical (unpaired) electrons. The molecule has 2 amide bonds. The summed E-state index contributed by atoms with van der Waals surface area (Å²) in [5, 5.41) is 18.2. The number of carboxylic acid groups (broad SMARTS) is 1. The number of rotatable bonds is 6. The van der Waals surface area contributed by atoms with E-state index in [1.807, 2.05) is 23.7 Å². The minimum atomic E-state index is -4.71. The van der Waals surface area contributed by atoms with Gasteiger partial charge in [-0.25, -0.2) is 4.79 Å². The van der Waals surface area contributed by atoms with Crippen LogP contribution in [0.5, 0.6) is 0 Å². The second-order valence-corrected chi connectivity index (χ2v) is 11.8. The van der Waals surface area contributed by atoms with E-state index in [1.165, 1.54) is 15.9 Å². The normalized spacial score (nSPS) is 19.0. The molecule has 0 unspecified atom stereocenters. The Labute approximate surface area is 235 Å². The molecule has 2 heterocycles. The Morgan fingerprint density at radius 2 is 1.93 bits per heavy atom. The van der Waals surface area contributed by atoms with Crippen LogP contribution in [0.3, 0.4) is 0 Å². The lowest BCUT2D eigenvalue weighted by atomic mass is 9.61. The van der Waals surface area contributed by atoms with Gasteiger partial charge in [-0.2, -0.15) is 13.2 Å². The third-order valence-electron chi connectivity index (χ3n) is 9.01. The first kappa shape index (κ1) is 27.0. The van der Waals surface area contributed by atoms with E-state index >= 15 is 0 Å². The van der Waals surface area contributed by atoms with Crippen LogP contribution in [0, 0.1) is 0 Å². The van der Waals surface area contributed by atoms with Crippen LogP contribution in [-0.4, -0.2) is 42.3 Å². The molecule has 2 aliphatic carbocycles. The van der Waals surface area contributed by atoms with Gasteiger partial charge in [0.1, 0.15) is 12.2 Å². The molecule has 11 heteroatoms. The number of amides is 2. The Morgan fingerprint density at radius 1 is 1.20 bits per heavy atom. The van der Waals surface area contributed by atoms with Crippen molar-refractivity contribution in [3.63, 3.8) is 0 Å². The third-order valence-corrected chi connectivity index (χ3v) is 9.01. The number of hydrogen-bond acceptors (Lipinski definition) is 4. The maximum atomic E-state index is 14.3. The predicted molar refractivity (Wildman–Crippen MR) is 144 cm³/mol. The molecule has 3 aliphatic rings. The summed E-state index contributed by atoms with van der Waals surface area (Å²) in [4.78, 5) is 28.3. The summed E-state index contributed by atoms with van der Waals surface area (Å²) in [6.45, 7) is 5.42. The van der Waals surface area contributed by atoms with Gasteiger partial charge in [0.25, 0.3) is 5.91 Å². The highest BCUT2D eigenvalue weighted by molar-refractivity contribution is 6.10. The van der Waals surface area contributed by atoms with Crippen molar-refractivity contribution in [1.82, 2.24) is 19.7 Å². The first-order chi connectivity index (χ1) is 19.3. The maximum absolute atomic E-state index is 14.3. The molecule has 2 saturated carbocycles. The summed E-state index contributed by atoms with van der Waals surface area (Å²) in [5.74, 6) is 0.206. The number of hydrogen-bond donors (Lipinski definition) is 1. The number of carbonyl (C=O) groups excluding carboxylic acids is 1. The predicted octanol–water partition coefficient (Wildman–Crippen LogP) is 6.05. The van der Waals surface area contributed by atoms with Crippen LogP contribution < -0.4 is 4.90 Å². The van der Waals surface area contributed by atoms with Crippen molar-refractivity contribution < 1.29 is 27.9 Å². The van der Waals surface area contributed by atoms with E-state index < -0.39 is 34.7 Å². The molecule has 0 bridgehead atoms. The van der Waals surface area contributed by atoms with E-state index in [9.17, 15) is 27.9 Å². The Hall–Kier alpha value is -4.15.